The average Bonchev–Trinajstić information content (AvgIpc) is 3.40. The van der Waals surface area contributed by atoms with Crippen LogP contribution in [0.3, 0.4) is 0 Å². The Hall–Kier alpha value is -1.31. The number of methoxy groups -OCH3 is 1. The molecule has 0 N–H and O–H groups in total. The van der Waals surface area contributed by atoms with Crippen molar-refractivity contribution in [2.24, 2.45) is 5.92 Å². The number of hydrogen-bond acceptors (Lipinski definition) is 4. The molecule has 1 heterocycles. The Bertz CT molecular complexity index is 734. The summed E-state index contributed by atoms with van der Waals surface area (Å²) < 4.78 is 32.6. The minimum atomic E-state index is -3.72. The normalized spacial score (nSPS) is 19.8. The second-order valence-electron chi connectivity index (χ2n) is 6.15. The molecule has 2 fully saturated rings. The zero-order valence-corrected chi connectivity index (χ0v) is 15.1. The number of carbonyl (C=O) groups excluding carboxylic acids is 1. The standard InChI is InChI=1S/C16H21ClN2O4S/c1-23-14-6-5-13(17)11-15(14)24(21,22)19-8-2-7-18(9-10-19)16(20)12-3-4-12/h5-6,11-12H,2-4,7-10H2,1H3. The van der Waals surface area contributed by atoms with E-state index in [2.05, 4.69) is 0 Å². The van der Waals surface area contributed by atoms with Crippen molar-refractivity contribution < 1.29 is 17.9 Å². The molecule has 1 saturated carbocycles. The first-order valence-electron chi connectivity index (χ1n) is 8.06. The number of carbonyl (C=O) groups is 1. The molecule has 8 heteroatoms. The summed E-state index contributed by atoms with van der Waals surface area (Å²) in [5.41, 5.74) is 0. The number of benzene rings is 1. The second-order valence-corrected chi connectivity index (χ2v) is 8.50. The predicted octanol–water partition coefficient (Wildman–Crippen LogP) is 1.98. The zero-order chi connectivity index (χ0) is 17.3. The van der Waals surface area contributed by atoms with Crippen molar-refractivity contribution in [3.8, 4) is 5.75 Å². The van der Waals surface area contributed by atoms with Gasteiger partial charge in [0.15, 0.2) is 0 Å². The van der Waals surface area contributed by atoms with Crippen LogP contribution >= 0.6 is 11.6 Å². The molecular formula is C16H21ClN2O4S. The third-order valence-corrected chi connectivity index (χ3v) is 6.59. The number of nitrogens with zero attached hydrogens (tertiary/aromatic N) is 2. The van der Waals surface area contributed by atoms with Gasteiger partial charge in [0.05, 0.1) is 7.11 Å². The van der Waals surface area contributed by atoms with Gasteiger partial charge in [0.25, 0.3) is 0 Å². The molecule has 1 aromatic carbocycles. The van der Waals surface area contributed by atoms with Gasteiger partial charge in [0, 0.05) is 37.1 Å². The van der Waals surface area contributed by atoms with E-state index in [1.54, 1.807) is 17.0 Å². The Kier molecular flexibility index (Phi) is 5.03. The first-order valence-corrected chi connectivity index (χ1v) is 9.88. The largest absolute Gasteiger partial charge is 0.495 e. The van der Waals surface area contributed by atoms with Crippen molar-refractivity contribution in [1.82, 2.24) is 9.21 Å². The highest BCUT2D eigenvalue weighted by molar-refractivity contribution is 7.89. The van der Waals surface area contributed by atoms with Gasteiger partial charge in [-0.1, -0.05) is 11.6 Å². The summed E-state index contributed by atoms with van der Waals surface area (Å²) >= 11 is 5.97. The molecule has 0 bridgehead atoms. The van der Waals surface area contributed by atoms with Crippen LogP contribution in [0.15, 0.2) is 23.1 Å². The Morgan fingerprint density at radius 3 is 2.62 bits per heavy atom. The minimum Gasteiger partial charge on any atom is -0.495 e. The molecule has 0 spiro atoms. The quantitative estimate of drug-likeness (QED) is 0.810. The lowest BCUT2D eigenvalue weighted by atomic mass is 10.3. The first kappa shape index (κ1) is 17.5. The van der Waals surface area contributed by atoms with E-state index >= 15 is 0 Å². The highest BCUT2D eigenvalue weighted by atomic mass is 35.5. The molecule has 132 valence electrons. The van der Waals surface area contributed by atoms with Crippen molar-refractivity contribution in [1.29, 1.82) is 0 Å². The zero-order valence-electron chi connectivity index (χ0n) is 13.6. The topological polar surface area (TPSA) is 66.9 Å². The second kappa shape index (κ2) is 6.90. The molecule has 3 rings (SSSR count). The smallest absolute Gasteiger partial charge is 0.246 e. The SMILES string of the molecule is COc1ccc(Cl)cc1S(=O)(=O)N1CCCN(C(=O)C2CC2)CC1. The Balaban J connectivity index is 1.80. The number of sulfonamides is 1. The Morgan fingerprint density at radius 2 is 1.96 bits per heavy atom. The van der Waals surface area contributed by atoms with Crippen LogP contribution < -0.4 is 4.74 Å². The predicted molar refractivity (Wildman–Crippen MR) is 90.7 cm³/mol. The van der Waals surface area contributed by atoms with Crippen LogP contribution in [0.5, 0.6) is 5.75 Å². The van der Waals surface area contributed by atoms with Gasteiger partial charge in [-0.05, 0) is 37.5 Å². The van der Waals surface area contributed by atoms with Crippen molar-refractivity contribution >= 4 is 27.5 Å². The van der Waals surface area contributed by atoms with Gasteiger partial charge in [-0.3, -0.25) is 4.79 Å². The molecule has 2 aliphatic rings. The molecule has 0 aromatic heterocycles. The fourth-order valence-electron chi connectivity index (χ4n) is 2.93. The molecule has 0 atom stereocenters. The number of halogens is 1. The van der Waals surface area contributed by atoms with E-state index in [0.29, 0.717) is 31.1 Å². The summed E-state index contributed by atoms with van der Waals surface area (Å²) in [7, 11) is -2.29. The molecule has 1 aromatic rings. The monoisotopic (exact) mass is 372 g/mol. The summed E-state index contributed by atoms with van der Waals surface area (Å²) in [5.74, 6) is 0.588. The van der Waals surface area contributed by atoms with E-state index in [4.69, 9.17) is 16.3 Å². The van der Waals surface area contributed by atoms with Gasteiger partial charge >= 0.3 is 0 Å². The van der Waals surface area contributed by atoms with Crippen molar-refractivity contribution in [2.75, 3.05) is 33.3 Å². The molecule has 1 saturated heterocycles. The van der Waals surface area contributed by atoms with Crippen molar-refractivity contribution in [3.05, 3.63) is 23.2 Å². The van der Waals surface area contributed by atoms with E-state index < -0.39 is 10.0 Å². The third kappa shape index (κ3) is 3.53. The molecule has 1 aliphatic heterocycles. The molecule has 24 heavy (non-hydrogen) atoms. The highest BCUT2D eigenvalue weighted by Gasteiger charge is 2.36. The summed E-state index contributed by atoms with van der Waals surface area (Å²) in [6.45, 7) is 1.70. The lowest BCUT2D eigenvalue weighted by molar-refractivity contribution is -0.132. The number of hydrogen-bond donors (Lipinski definition) is 0. The molecule has 1 aliphatic carbocycles. The summed E-state index contributed by atoms with van der Waals surface area (Å²) in [4.78, 5) is 14.1. The van der Waals surface area contributed by atoms with Crippen LogP contribution in [0.25, 0.3) is 0 Å². The maximum Gasteiger partial charge on any atom is 0.246 e. The lowest BCUT2D eigenvalue weighted by Gasteiger charge is -2.22. The van der Waals surface area contributed by atoms with Gasteiger partial charge in [-0.2, -0.15) is 4.31 Å². The molecule has 0 radical (unpaired) electrons. The van der Waals surface area contributed by atoms with Crippen LogP contribution in [0.2, 0.25) is 5.02 Å². The molecular weight excluding hydrogens is 352 g/mol. The number of amides is 1. The molecule has 0 unspecified atom stereocenters. The van der Waals surface area contributed by atoms with Crippen LogP contribution in [0.4, 0.5) is 0 Å². The summed E-state index contributed by atoms with van der Waals surface area (Å²) in [5, 5.41) is 0.342. The third-order valence-electron chi connectivity index (χ3n) is 4.44. The summed E-state index contributed by atoms with van der Waals surface area (Å²) in [6.07, 6.45) is 2.54. The molecule has 6 nitrogen and oxygen atoms in total. The van der Waals surface area contributed by atoms with Gasteiger partial charge in [-0.25, -0.2) is 8.42 Å². The number of rotatable bonds is 4. The lowest BCUT2D eigenvalue weighted by Crippen LogP contribution is -2.38. The van der Waals surface area contributed by atoms with Gasteiger partial charge in [-0.15, -0.1) is 0 Å². The van der Waals surface area contributed by atoms with Crippen LogP contribution in [-0.4, -0.2) is 56.8 Å². The van der Waals surface area contributed by atoms with Gasteiger partial charge in [0.2, 0.25) is 15.9 Å². The van der Waals surface area contributed by atoms with Gasteiger partial charge in [0.1, 0.15) is 10.6 Å². The Morgan fingerprint density at radius 1 is 1.21 bits per heavy atom. The van der Waals surface area contributed by atoms with E-state index in [1.165, 1.54) is 17.5 Å². The first-order chi connectivity index (χ1) is 11.4. The number of ether oxygens (including phenoxy) is 1. The van der Waals surface area contributed by atoms with Crippen molar-refractivity contribution in [2.45, 2.75) is 24.2 Å². The fraction of sp³-hybridized carbons (Fsp3) is 0.562. The van der Waals surface area contributed by atoms with Crippen LogP contribution in [-0.2, 0) is 14.8 Å². The minimum absolute atomic E-state index is 0.0690. The Labute approximate surface area is 147 Å². The van der Waals surface area contributed by atoms with Gasteiger partial charge < -0.3 is 9.64 Å². The fourth-order valence-corrected chi connectivity index (χ4v) is 4.82. The van der Waals surface area contributed by atoms with E-state index in [1.807, 2.05) is 0 Å². The maximum absolute atomic E-state index is 13.0. The maximum atomic E-state index is 13.0. The van der Waals surface area contributed by atoms with Crippen molar-refractivity contribution in [3.63, 3.8) is 0 Å². The van der Waals surface area contributed by atoms with E-state index in [-0.39, 0.29) is 29.0 Å². The summed E-state index contributed by atoms with van der Waals surface area (Å²) in [6, 6.07) is 4.56. The molecule has 1 amide bonds. The van der Waals surface area contributed by atoms with Crippen LogP contribution in [0, 0.1) is 5.92 Å². The average molecular weight is 373 g/mol. The highest BCUT2D eigenvalue weighted by Crippen LogP contribution is 2.32. The van der Waals surface area contributed by atoms with E-state index in [0.717, 1.165) is 12.8 Å². The van der Waals surface area contributed by atoms with E-state index in [9.17, 15) is 13.2 Å². The van der Waals surface area contributed by atoms with Crippen LogP contribution in [0.1, 0.15) is 19.3 Å².